The summed E-state index contributed by atoms with van der Waals surface area (Å²) in [6, 6.07) is 5.43. The number of nitrogens with one attached hydrogen (secondary N) is 1. The fourth-order valence-corrected chi connectivity index (χ4v) is 2.00. The third kappa shape index (κ3) is 3.00. The lowest BCUT2D eigenvalue weighted by Gasteiger charge is -2.28. The maximum atomic E-state index is 11.8. The first-order chi connectivity index (χ1) is 9.11. The summed E-state index contributed by atoms with van der Waals surface area (Å²) in [5.41, 5.74) is 2.47. The van der Waals surface area contributed by atoms with Crippen molar-refractivity contribution in [2.45, 2.75) is 6.92 Å². The van der Waals surface area contributed by atoms with E-state index in [1.54, 1.807) is 11.0 Å². The van der Waals surface area contributed by atoms with Gasteiger partial charge in [0.15, 0.2) is 0 Å². The van der Waals surface area contributed by atoms with Crippen LogP contribution >= 0.6 is 0 Å². The molecule has 19 heavy (non-hydrogen) atoms. The molecule has 0 unspecified atom stereocenters. The zero-order valence-electron chi connectivity index (χ0n) is 10.8. The van der Waals surface area contributed by atoms with Crippen LogP contribution in [-0.4, -0.2) is 31.6 Å². The molecule has 5 heteroatoms. The van der Waals surface area contributed by atoms with E-state index in [0.29, 0.717) is 18.8 Å². The van der Waals surface area contributed by atoms with Crippen molar-refractivity contribution in [3.63, 3.8) is 0 Å². The van der Waals surface area contributed by atoms with Gasteiger partial charge in [-0.3, -0.25) is 9.59 Å². The largest absolute Gasteiger partial charge is 0.370 e. The number of hydrogen-bond donors (Lipinski definition) is 1. The highest BCUT2D eigenvalue weighted by Gasteiger charge is 2.21. The molecule has 0 aliphatic carbocycles. The Morgan fingerprint density at radius 2 is 2.32 bits per heavy atom. The molecule has 5 nitrogen and oxygen atoms in total. The third-order valence-corrected chi connectivity index (χ3v) is 2.93. The molecule has 1 saturated heterocycles. The van der Waals surface area contributed by atoms with Crippen LogP contribution in [0.25, 0.3) is 0 Å². The first-order valence-corrected chi connectivity index (χ1v) is 6.04. The number of benzene rings is 1. The molecule has 0 radical (unpaired) electrons. The van der Waals surface area contributed by atoms with Crippen molar-refractivity contribution in [1.82, 2.24) is 0 Å². The zero-order chi connectivity index (χ0) is 13.8. The second-order valence-corrected chi connectivity index (χ2v) is 4.29. The van der Waals surface area contributed by atoms with Crippen LogP contribution in [0.15, 0.2) is 30.9 Å². The Morgan fingerprint density at radius 3 is 2.95 bits per heavy atom. The highest BCUT2D eigenvalue weighted by Crippen LogP contribution is 2.24. The van der Waals surface area contributed by atoms with Gasteiger partial charge in [0.1, 0.15) is 6.61 Å². The van der Waals surface area contributed by atoms with Gasteiger partial charge in [-0.1, -0.05) is 6.58 Å². The van der Waals surface area contributed by atoms with E-state index in [1.807, 2.05) is 19.1 Å². The van der Waals surface area contributed by atoms with E-state index in [-0.39, 0.29) is 18.4 Å². The fraction of sp³-hybridized carbons (Fsp3) is 0.286. The number of morpholine rings is 1. The molecule has 2 rings (SSSR count). The van der Waals surface area contributed by atoms with Crippen LogP contribution in [0.5, 0.6) is 0 Å². The van der Waals surface area contributed by atoms with Crippen molar-refractivity contribution in [2.24, 2.45) is 0 Å². The van der Waals surface area contributed by atoms with Gasteiger partial charge < -0.3 is 15.0 Å². The van der Waals surface area contributed by atoms with Gasteiger partial charge in [0, 0.05) is 17.9 Å². The topological polar surface area (TPSA) is 58.6 Å². The number of rotatable bonds is 3. The molecule has 1 aliphatic rings. The fourth-order valence-electron chi connectivity index (χ4n) is 2.00. The van der Waals surface area contributed by atoms with E-state index >= 15 is 0 Å². The van der Waals surface area contributed by atoms with Crippen molar-refractivity contribution in [3.05, 3.63) is 36.4 Å². The first-order valence-electron chi connectivity index (χ1n) is 6.04. The van der Waals surface area contributed by atoms with E-state index in [0.717, 1.165) is 11.3 Å². The molecule has 1 heterocycles. The molecule has 1 aromatic carbocycles. The molecule has 0 saturated carbocycles. The van der Waals surface area contributed by atoms with Gasteiger partial charge in [0.2, 0.25) is 5.91 Å². The Hall–Kier alpha value is -2.14. The summed E-state index contributed by atoms with van der Waals surface area (Å²) in [6.07, 6.45) is 1.22. The Balaban J connectivity index is 2.21. The quantitative estimate of drug-likeness (QED) is 0.837. The van der Waals surface area contributed by atoms with Gasteiger partial charge in [0.05, 0.1) is 6.61 Å². The first kappa shape index (κ1) is 13.3. The van der Waals surface area contributed by atoms with E-state index in [4.69, 9.17) is 4.74 Å². The number of amides is 2. The molecule has 0 spiro atoms. The number of aryl methyl sites for hydroxylation is 1. The van der Waals surface area contributed by atoms with E-state index < -0.39 is 0 Å². The van der Waals surface area contributed by atoms with Gasteiger partial charge >= 0.3 is 0 Å². The molecule has 1 N–H and O–H groups in total. The maximum absolute atomic E-state index is 11.8. The Labute approximate surface area is 111 Å². The van der Waals surface area contributed by atoms with E-state index in [1.165, 1.54) is 6.08 Å². The van der Waals surface area contributed by atoms with Crippen LogP contribution in [0.1, 0.15) is 5.56 Å². The summed E-state index contributed by atoms with van der Waals surface area (Å²) >= 11 is 0. The number of carbonyl (C=O) groups excluding carboxylic acids is 2. The van der Waals surface area contributed by atoms with Crippen molar-refractivity contribution >= 4 is 23.2 Å². The number of hydrogen-bond acceptors (Lipinski definition) is 3. The number of anilines is 2. The second-order valence-electron chi connectivity index (χ2n) is 4.29. The highest BCUT2D eigenvalue weighted by atomic mass is 16.5. The van der Waals surface area contributed by atoms with E-state index in [2.05, 4.69) is 11.9 Å². The normalized spacial score (nSPS) is 15.2. The molecule has 1 aliphatic heterocycles. The van der Waals surface area contributed by atoms with Crippen molar-refractivity contribution in [2.75, 3.05) is 30.0 Å². The van der Waals surface area contributed by atoms with Crippen LogP contribution < -0.4 is 10.2 Å². The standard InChI is InChI=1S/C14H16N2O3/c1-3-13(17)15-11-4-5-12(10(2)8-11)16-6-7-19-9-14(16)18/h3-5,8H,1,6-7,9H2,2H3,(H,15,17). The van der Waals surface area contributed by atoms with Gasteiger partial charge in [-0.05, 0) is 36.8 Å². The Kier molecular flexibility index (Phi) is 3.97. The minimum atomic E-state index is -0.255. The molecule has 0 aromatic heterocycles. The number of nitrogens with zero attached hydrogens (tertiary/aromatic N) is 1. The summed E-state index contributed by atoms with van der Waals surface area (Å²) in [5, 5.41) is 2.69. The molecule has 1 fully saturated rings. The number of carbonyl (C=O) groups is 2. The van der Waals surface area contributed by atoms with Gasteiger partial charge in [0.25, 0.3) is 5.91 Å². The van der Waals surface area contributed by atoms with Crippen LogP contribution in [0, 0.1) is 6.92 Å². The van der Waals surface area contributed by atoms with Crippen LogP contribution in [0.2, 0.25) is 0 Å². The molecule has 0 bridgehead atoms. The van der Waals surface area contributed by atoms with Crippen molar-refractivity contribution < 1.29 is 14.3 Å². The lowest BCUT2D eigenvalue weighted by molar-refractivity contribution is -0.125. The van der Waals surface area contributed by atoms with Crippen molar-refractivity contribution in [1.29, 1.82) is 0 Å². The van der Waals surface area contributed by atoms with Gasteiger partial charge in [-0.2, -0.15) is 0 Å². The Morgan fingerprint density at radius 1 is 1.53 bits per heavy atom. The monoisotopic (exact) mass is 260 g/mol. The number of ether oxygens (including phenoxy) is 1. The SMILES string of the molecule is C=CC(=O)Nc1ccc(N2CCOCC2=O)c(C)c1. The summed E-state index contributed by atoms with van der Waals surface area (Å²) < 4.78 is 5.10. The van der Waals surface area contributed by atoms with E-state index in [9.17, 15) is 9.59 Å². The smallest absolute Gasteiger partial charge is 0.253 e. The predicted molar refractivity (Wildman–Crippen MR) is 73.2 cm³/mol. The summed E-state index contributed by atoms with van der Waals surface area (Å²) in [4.78, 5) is 24.7. The minimum absolute atomic E-state index is 0.0442. The molecule has 1 aromatic rings. The van der Waals surface area contributed by atoms with Crippen molar-refractivity contribution in [3.8, 4) is 0 Å². The molecular formula is C14H16N2O3. The highest BCUT2D eigenvalue weighted by molar-refractivity contribution is 6.00. The van der Waals surface area contributed by atoms with Crippen LogP contribution in [0.4, 0.5) is 11.4 Å². The van der Waals surface area contributed by atoms with Gasteiger partial charge in [-0.25, -0.2) is 0 Å². The minimum Gasteiger partial charge on any atom is -0.370 e. The van der Waals surface area contributed by atoms with Gasteiger partial charge in [-0.15, -0.1) is 0 Å². The lowest BCUT2D eigenvalue weighted by atomic mass is 10.1. The predicted octanol–water partition coefficient (Wildman–Crippen LogP) is 1.48. The molecular weight excluding hydrogens is 244 g/mol. The average molecular weight is 260 g/mol. The molecule has 2 amide bonds. The zero-order valence-corrected chi connectivity index (χ0v) is 10.8. The Bertz CT molecular complexity index is 525. The summed E-state index contributed by atoms with van der Waals surface area (Å²) in [5.74, 6) is -0.299. The second kappa shape index (κ2) is 5.67. The third-order valence-electron chi connectivity index (χ3n) is 2.93. The summed E-state index contributed by atoms with van der Waals surface area (Å²) in [7, 11) is 0. The van der Waals surface area contributed by atoms with Crippen LogP contribution in [0.3, 0.4) is 0 Å². The lowest BCUT2D eigenvalue weighted by Crippen LogP contribution is -2.42. The summed E-state index contributed by atoms with van der Waals surface area (Å²) in [6.45, 7) is 6.52. The average Bonchev–Trinajstić information content (AvgIpc) is 2.40. The molecule has 100 valence electrons. The molecule has 0 atom stereocenters. The van der Waals surface area contributed by atoms with Crippen LogP contribution in [-0.2, 0) is 14.3 Å². The maximum Gasteiger partial charge on any atom is 0.253 e.